The number of halogens is 2. The monoisotopic (exact) mass is 384 g/mol. The summed E-state index contributed by atoms with van der Waals surface area (Å²) >= 11 is 11.2. The van der Waals surface area contributed by atoms with E-state index < -0.39 is 0 Å². The predicted molar refractivity (Wildman–Crippen MR) is 94.1 cm³/mol. The number of hydrogen-bond acceptors (Lipinski definition) is 3. The van der Waals surface area contributed by atoms with Crippen molar-refractivity contribution in [2.45, 2.75) is 42.8 Å². The topological polar surface area (TPSA) is 24.9 Å². The number of benzene rings is 1. The molecule has 0 amide bonds. The molecule has 5 heteroatoms. The Bertz CT molecular complexity index is 609. The zero-order valence-corrected chi connectivity index (χ0v) is 15.4. The third-order valence-electron chi connectivity index (χ3n) is 2.75. The molecule has 1 heterocycles. The van der Waals surface area contributed by atoms with Gasteiger partial charge in [-0.2, -0.15) is 0 Å². The number of nitrogens with one attached hydrogen (secondary N) is 1. The summed E-state index contributed by atoms with van der Waals surface area (Å²) in [6, 6.07) is 9.99. The molecule has 0 saturated heterocycles. The minimum Gasteiger partial charge on any atom is -0.308 e. The number of nitrogens with zero attached hydrogens (tertiary/aromatic N) is 1. The lowest BCUT2D eigenvalue weighted by molar-refractivity contribution is 0.422. The van der Waals surface area contributed by atoms with Crippen LogP contribution in [0.2, 0.25) is 5.02 Å². The van der Waals surface area contributed by atoms with Gasteiger partial charge in [0.2, 0.25) is 0 Å². The maximum atomic E-state index is 6.14. The molecule has 2 aromatic rings. The smallest absolute Gasteiger partial charge is 0.101 e. The van der Waals surface area contributed by atoms with E-state index in [4.69, 9.17) is 11.6 Å². The van der Waals surface area contributed by atoms with Crippen molar-refractivity contribution in [2.75, 3.05) is 0 Å². The molecule has 0 saturated carbocycles. The number of aromatic nitrogens is 1. The summed E-state index contributed by atoms with van der Waals surface area (Å²) in [6.45, 7) is 7.28. The van der Waals surface area contributed by atoms with E-state index in [-0.39, 0.29) is 5.54 Å². The number of pyridine rings is 1. The molecule has 0 fully saturated rings. The van der Waals surface area contributed by atoms with Crippen LogP contribution in [0.15, 0.2) is 50.9 Å². The molecule has 1 N–H and O–H groups in total. The lowest BCUT2D eigenvalue weighted by Gasteiger charge is -2.21. The van der Waals surface area contributed by atoms with Gasteiger partial charge in [-0.25, -0.2) is 4.98 Å². The van der Waals surface area contributed by atoms with Gasteiger partial charge in [-0.1, -0.05) is 29.4 Å². The van der Waals surface area contributed by atoms with E-state index in [0.29, 0.717) is 0 Å². The fourth-order valence-corrected chi connectivity index (χ4v) is 3.06. The molecule has 0 aliphatic heterocycles. The molecule has 0 atom stereocenters. The van der Waals surface area contributed by atoms with Gasteiger partial charge in [0.05, 0.1) is 0 Å². The van der Waals surface area contributed by atoms with Crippen LogP contribution < -0.4 is 5.32 Å². The molecule has 2 rings (SSSR count). The quantitative estimate of drug-likeness (QED) is 0.748. The van der Waals surface area contributed by atoms with Crippen LogP contribution in [0.3, 0.4) is 0 Å². The average Bonchev–Trinajstić information content (AvgIpc) is 2.39. The Hall–Kier alpha value is -0.550. The van der Waals surface area contributed by atoms with Gasteiger partial charge in [-0.05, 0) is 66.5 Å². The molecule has 0 spiro atoms. The second-order valence-electron chi connectivity index (χ2n) is 5.77. The fourth-order valence-electron chi connectivity index (χ4n) is 1.67. The molecule has 1 aromatic carbocycles. The second kappa shape index (κ2) is 7.14. The molecule has 0 radical (unpaired) electrons. The predicted octanol–water partition coefficient (Wildman–Crippen LogP) is 5.54. The Morgan fingerprint density at radius 3 is 2.62 bits per heavy atom. The lowest BCUT2D eigenvalue weighted by Crippen LogP contribution is -2.35. The molecule has 21 heavy (non-hydrogen) atoms. The third kappa shape index (κ3) is 5.62. The first kappa shape index (κ1) is 16.8. The van der Waals surface area contributed by atoms with E-state index in [9.17, 15) is 0 Å². The second-order valence-corrected chi connectivity index (χ2v) is 8.19. The summed E-state index contributed by atoms with van der Waals surface area (Å²) in [5.74, 6) is 0. The van der Waals surface area contributed by atoms with Crippen molar-refractivity contribution in [3.05, 3.63) is 51.6 Å². The normalized spacial score (nSPS) is 11.7. The van der Waals surface area contributed by atoms with Crippen LogP contribution in [0.4, 0.5) is 0 Å². The van der Waals surface area contributed by atoms with Crippen molar-refractivity contribution in [1.29, 1.82) is 0 Å². The Morgan fingerprint density at radius 2 is 2.00 bits per heavy atom. The summed E-state index contributed by atoms with van der Waals surface area (Å²) in [7, 11) is 0. The van der Waals surface area contributed by atoms with Crippen LogP contribution in [0, 0.1) is 0 Å². The molecule has 112 valence electrons. The molecule has 0 bridgehead atoms. The summed E-state index contributed by atoms with van der Waals surface area (Å²) in [4.78, 5) is 5.54. The number of hydrogen-bond donors (Lipinski definition) is 1. The van der Waals surface area contributed by atoms with Gasteiger partial charge in [0.15, 0.2) is 0 Å². The van der Waals surface area contributed by atoms with Gasteiger partial charge in [0, 0.05) is 32.7 Å². The Morgan fingerprint density at radius 1 is 1.24 bits per heavy atom. The highest BCUT2D eigenvalue weighted by Gasteiger charge is 2.12. The van der Waals surface area contributed by atoms with Crippen LogP contribution in [-0.4, -0.2) is 10.5 Å². The first-order valence-electron chi connectivity index (χ1n) is 6.66. The molecule has 2 nitrogen and oxygen atoms in total. The standard InChI is InChI=1S/C16H18BrClN2S/c1-16(2,3)20-9-11-4-6-13(18)8-14(11)21-15-7-5-12(17)10-19-15/h4-8,10,20H,9H2,1-3H3. The minimum absolute atomic E-state index is 0.0808. The van der Waals surface area contributed by atoms with Gasteiger partial charge in [-0.3, -0.25) is 0 Å². The van der Waals surface area contributed by atoms with E-state index in [0.717, 1.165) is 26.0 Å². The van der Waals surface area contributed by atoms with E-state index in [1.807, 2.05) is 24.3 Å². The third-order valence-corrected chi connectivity index (χ3v) is 4.51. The van der Waals surface area contributed by atoms with Crippen LogP contribution >= 0.6 is 39.3 Å². The summed E-state index contributed by atoms with van der Waals surface area (Å²) in [6.07, 6.45) is 1.81. The van der Waals surface area contributed by atoms with Crippen molar-refractivity contribution in [3.8, 4) is 0 Å². The first-order chi connectivity index (χ1) is 9.83. The van der Waals surface area contributed by atoms with Crippen molar-refractivity contribution in [3.63, 3.8) is 0 Å². The fraction of sp³-hybridized carbons (Fsp3) is 0.312. The molecule has 1 aromatic heterocycles. The van der Waals surface area contributed by atoms with Crippen molar-refractivity contribution in [2.24, 2.45) is 0 Å². The maximum absolute atomic E-state index is 6.14. The molecule has 0 unspecified atom stereocenters. The van der Waals surface area contributed by atoms with Crippen LogP contribution in [0.5, 0.6) is 0 Å². The van der Waals surface area contributed by atoms with E-state index in [1.54, 1.807) is 18.0 Å². The molecular weight excluding hydrogens is 368 g/mol. The molecule has 0 aliphatic carbocycles. The zero-order chi connectivity index (χ0) is 15.5. The Kier molecular flexibility index (Phi) is 5.72. The van der Waals surface area contributed by atoms with Crippen molar-refractivity contribution < 1.29 is 0 Å². The van der Waals surface area contributed by atoms with E-state index in [1.165, 1.54) is 5.56 Å². The van der Waals surface area contributed by atoms with Gasteiger partial charge in [-0.15, -0.1) is 0 Å². The van der Waals surface area contributed by atoms with Gasteiger partial charge >= 0.3 is 0 Å². The zero-order valence-electron chi connectivity index (χ0n) is 12.3. The van der Waals surface area contributed by atoms with Crippen LogP contribution in [0.25, 0.3) is 0 Å². The van der Waals surface area contributed by atoms with Gasteiger partial charge in [0.25, 0.3) is 0 Å². The summed E-state index contributed by atoms with van der Waals surface area (Å²) in [5.41, 5.74) is 1.31. The number of rotatable bonds is 4. The maximum Gasteiger partial charge on any atom is 0.101 e. The van der Waals surface area contributed by atoms with E-state index >= 15 is 0 Å². The Labute approximate surface area is 143 Å². The first-order valence-corrected chi connectivity index (χ1v) is 8.65. The SMILES string of the molecule is CC(C)(C)NCc1ccc(Cl)cc1Sc1ccc(Br)cn1. The molecular formula is C16H18BrClN2S. The van der Waals surface area contributed by atoms with Crippen LogP contribution in [0.1, 0.15) is 26.3 Å². The summed E-state index contributed by atoms with van der Waals surface area (Å²) < 4.78 is 0.979. The molecule has 0 aliphatic rings. The van der Waals surface area contributed by atoms with Crippen LogP contribution in [-0.2, 0) is 6.54 Å². The van der Waals surface area contributed by atoms with Crippen molar-refractivity contribution in [1.82, 2.24) is 10.3 Å². The lowest BCUT2D eigenvalue weighted by atomic mass is 10.1. The van der Waals surface area contributed by atoms with Gasteiger partial charge in [0.1, 0.15) is 5.03 Å². The van der Waals surface area contributed by atoms with E-state index in [2.05, 4.69) is 53.1 Å². The largest absolute Gasteiger partial charge is 0.308 e. The van der Waals surface area contributed by atoms with Gasteiger partial charge < -0.3 is 5.32 Å². The Balaban J connectivity index is 2.20. The average molecular weight is 386 g/mol. The highest BCUT2D eigenvalue weighted by molar-refractivity contribution is 9.10. The van der Waals surface area contributed by atoms with Crippen molar-refractivity contribution >= 4 is 39.3 Å². The minimum atomic E-state index is 0.0808. The summed E-state index contributed by atoms with van der Waals surface area (Å²) in [5, 5.41) is 5.21. The highest BCUT2D eigenvalue weighted by atomic mass is 79.9. The highest BCUT2D eigenvalue weighted by Crippen LogP contribution is 2.32.